The predicted molar refractivity (Wildman–Crippen MR) is 132 cm³/mol. The lowest BCUT2D eigenvalue weighted by Crippen LogP contribution is -2.09. The number of nitrogens with zero attached hydrogens (tertiary/aromatic N) is 4. The minimum Gasteiger partial charge on any atom is -0.497 e. The minimum absolute atomic E-state index is 0.113. The zero-order valence-electron chi connectivity index (χ0n) is 20.3. The lowest BCUT2D eigenvalue weighted by Gasteiger charge is -2.10. The Morgan fingerprint density at radius 2 is 1.76 bits per heavy atom. The number of aromatic nitrogens is 4. The molecule has 33 heavy (non-hydrogen) atoms. The number of hydrogen-bond acceptors (Lipinski definition) is 6. The Bertz CT molecular complexity index is 1060. The first-order valence-electron chi connectivity index (χ1n) is 11.4. The van der Waals surface area contributed by atoms with E-state index in [0.717, 1.165) is 71.6 Å². The van der Waals surface area contributed by atoms with E-state index in [1.807, 2.05) is 44.2 Å². The Morgan fingerprint density at radius 3 is 2.42 bits per heavy atom. The summed E-state index contributed by atoms with van der Waals surface area (Å²) in [6, 6.07) is 9.82. The summed E-state index contributed by atoms with van der Waals surface area (Å²) in [6.45, 7) is 8.60. The van der Waals surface area contributed by atoms with E-state index < -0.39 is 0 Å². The Hall–Kier alpha value is -2.58. The SMILES string of the molecule is CCCCn1c(SCC(=O)c2cc(C)n(CCCOC)c2C)nnc1-c1ccc(OC)cc1. The van der Waals surface area contributed by atoms with Gasteiger partial charge in [0, 0.05) is 49.3 Å². The van der Waals surface area contributed by atoms with Gasteiger partial charge >= 0.3 is 0 Å². The summed E-state index contributed by atoms with van der Waals surface area (Å²) in [5, 5.41) is 9.64. The van der Waals surface area contributed by atoms with E-state index in [9.17, 15) is 4.79 Å². The summed E-state index contributed by atoms with van der Waals surface area (Å²) >= 11 is 1.45. The van der Waals surface area contributed by atoms with E-state index >= 15 is 0 Å². The van der Waals surface area contributed by atoms with E-state index in [1.54, 1.807) is 14.2 Å². The van der Waals surface area contributed by atoms with Crippen LogP contribution in [-0.4, -0.2) is 51.7 Å². The molecule has 0 aliphatic carbocycles. The second-order valence-electron chi connectivity index (χ2n) is 8.03. The van der Waals surface area contributed by atoms with Crippen molar-refractivity contribution in [2.75, 3.05) is 26.6 Å². The molecule has 0 unspecified atom stereocenters. The maximum absolute atomic E-state index is 13.1. The van der Waals surface area contributed by atoms with Crippen molar-refractivity contribution >= 4 is 17.5 Å². The van der Waals surface area contributed by atoms with Crippen LogP contribution in [0, 0.1) is 13.8 Å². The van der Waals surface area contributed by atoms with Gasteiger partial charge in [-0.2, -0.15) is 0 Å². The van der Waals surface area contributed by atoms with Crippen LogP contribution in [0.25, 0.3) is 11.4 Å². The maximum Gasteiger partial charge on any atom is 0.191 e. The molecule has 3 rings (SSSR count). The highest BCUT2D eigenvalue weighted by molar-refractivity contribution is 7.99. The first-order valence-corrected chi connectivity index (χ1v) is 12.4. The number of methoxy groups -OCH3 is 2. The van der Waals surface area contributed by atoms with Crippen LogP contribution in [0.4, 0.5) is 0 Å². The van der Waals surface area contributed by atoms with Crippen LogP contribution in [0.5, 0.6) is 5.75 Å². The minimum atomic E-state index is 0.113. The average molecular weight is 471 g/mol. The van der Waals surface area contributed by atoms with Gasteiger partial charge < -0.3 is 18.6 Å². The van der Waals surface area contributed by atoms with Crippen molar-refractivity contribution < 1.29 is 14.3 Å². The Balaban J connectivity index is 1.76. The van der Waals surface area contributed by atoms with Crippen molar-refractivity contribution in [2.24, 2.45) is 0 Å². The molecule has 0 N–H and O–H groups in total. The Kier molecular flexibility index (Phi) is 9.14. The molecule has 8 heteroatoms. The summed E-state index contributed by atoms with van der Waals surface area (Å²) in [4.78, 5) is 13.1. The fourth-order valence-electron chi connectivity index (χ4n) is 3.87. The lowest BCUT2D eigenvalue weighted by atomic mass is 10.2. The molecule has 3 aromatic rings. The van der Waals surface area contributed by atoms with Crippen molar-refractivity contribution in [3.8, 4) is 17.1 Å². The molecule has 0 fully saturated rings. The summed E-state index contributed by atoms with van der Waals surface area (Å²) < 4.78 is 14.8. The molecule has 2 heterocycles. The van der Waals surface area contributed by atoms with Crippen LogP contribution < -0.4 is 4.74 Å². The molecule has 0 spiro atoms. The standard InChI is InChI=1S/C25H34N4O3S/c1-6-7-13-29-24(20-9-11-21(32-5)12-10-20)26-27-25(29)33-17-23(30)22-16-18(2)28(19(22)3)14-8-15-31-4/h9-12,16H,6-8,13-15,17H2,1-5H3. The van der Waals surface area contributed by atoms with Gasteiger partial charge in [0.1, 0.15) is 5.75 Å². The summed E-state index contributed by atoms with van der Waals surface area (Å²) in [5.41, 5.74) is 3.88. The molecule has 0 aliphatic heterocycles. The van der Waals surface area contributed by atoms with Crippen molar-refractivity contribution in [3.63, 3.8) is 0 Å². The molecule has 1 aromatic carbocycles. The highest BCUT2D eigenvalue weighted by atomic mass is 32.2. The van der Waals surface area contributed by atoms with Gasteiger partial charge in [0.2, 0.25) is 0 Å². The predicted octanol–water partition coefficient (Wildman–Crippen LogP) is 5.18. The van der Waals surface area contributed by atoms with Crippen LogP contribution in [-0.2, 0) is 17.8 Å². The third kappa shape index (κ3) is 6.06. The van der Waals surface area contributed by atoms with E-state index in [-0.39, 0.29) is 5.78 Å². The topological polar surface area (TPSA) is 71.2 Å². The zero-order valence-corrected chi connectivity index (χ0v) is 21.1. The molecule has 0 saturated carbocycles. The smallest absolute Gasteiger partial charge is 0.191 e. The molecule has 0 saturated heterocycles. The number of aryl methyl sites for hydroxylation is 1. The molecule has 7 nitrogen and oxygen atoms in total. The van der Waals surface area contributed by atoms with Gasteiger partial charge in [-0.3, -0.25) is 4.79 Å². The molecule has 0 radical (unpaired) electrons. The van der Waals surface area contributed by atoms with Gasteiger partial charge in [-0.25, -0.2) is 0 Å². The highest BCUT2D eigenvalue weighted by Crippen LogP contribution is 2.27. The highest BCUT2D eigenvalue weighted by Gasteiger charge is 2.19. The third-order valence-electron chi connectivity index (χ3n) is 5.74. The number of benzene rings is 1. The quantitative estimate of drug-likeness (QED) is 0.195. The molecular weight excluding hydrogens is 436 g/mol. The summed E-state index contributed by atoms with van der Waals surface area (Å²) in [6.07, 6.45) is 3.01. The number of ether oxygens (including phenoxy) is 2. The van der Waals surface area contributed by atoms with E-state index in [4.69, 9.17) is 9.47 Å². The van der Waals surface area contributed by atoms with Gasteiger partial charge in [0.15, 0.2) is 16.8 Å². The van der Waals surface area contributed by atoms with Gasteiger partial charge in [-0.05, 0) is 57.0 Å². The van der Waals surface area contributed by atoms with E-state index in [1.165, 1.54) is 11.8 Å². The van der Waals surface area contributed by atoms with Crippen molar-refractivity contribution in [3.05, 3.63) is 47.3 Å². The monoisotopic (exact) mass is 470 g/mol. The van der Waals surface area contributed by atoms with Crippen LogP contribution in [0.1, 0.15) is 47.9 Å². The fourth-order valence-corrected chi connectivity index (χ4v) is 4.72. The van der Waals surface area contributed by atoms with Crippen molar-refractivity contribution in [1.29, 1.82) is 0 Å². The maximum atomic E-state index is 13.1. The molecule has 2 aromatic heterocycles. The van der Waals surface area contributed by atoms with Crippen LogP contribution in [0.15, 0.2) is 35.5 Å². The number of hydrogen-bond donors (Lipinski definition) is 0. The molecule has 0 atom stereocenters. The van der Waals surface area contributed by atoms with Crippen LogP contribution in [0.2, 0.25) is 0 Å². The largest absolute Gasteiger partial charge is 0.497 e. The lowest BCUT2D eigenvalue weighted by molar-refractivity contribution is 0.102. The molecule has 178 valence electrons. The number of carbonyl (C=O) groups is 1. The second kappa shape index (κ2) is 12.0. The first kappa shape index (κ1) is 25.1. The summed E-state index contributed by atoms with van der Waals surface area (Å²) in [7, 11) is 3.36. The number of rotatable bonds is 13. The zero-order chi connectivity index (χ0) is 23.8. The number of unbranched alkanes of at least 4 members (excludes halogenated alkanes) is 1. The number of Topliss-reactive ketones (excluding diaryl/α,β-unsaturated/α-hetero) is 1. The second-order valence-corrected chi connectivity index (χ2v) is 8.98. The Labute approximate surface area is 200 Å². The first-order chi connectivity index (χ1) is 16.0. The number of ketones is 1. The van der Waals surface area contributed by atoms with Crippen molar-refractivity contribution in [2.45, 2.75) is 58.3 Å². The van der Waals surface area contributed by atoms with Gasteiger partial charge in [0.25, 0.3) is 0 Å². The fraction of sp³-hybridized carbons (Fsp3) is 0.480. The Morgan fingerprint density at radius 1 is 1.03 bits per heavy atom. The van der Waals surface area contributed by atoms with Crippen molar-refractivity contribution in [1.82, 2.24) is 19.3 Å². The van der Waals surface area contributed by atoms with Gasteiger partial charge in [0.05, 0.1) is 12.9 Å². The van der Waals surface area contributed by atoms with Crippen LogP contribution >= 0.6 is 11.8 Å². The van der Waals surface area contributed by atoms with E-state index in [0.29, 0.717) is 12.4 Å². The van der Waals surface area contributed by atoms with Gasteiger partial charge in [-0.15, -0.1) is 10.2 Å². The number of carbonyl (C=O) groups excluding carboxylic acids is 1. The molecule has 0 bridgehead atoms. The van der Waals surface area contributed by atoms with E-state index in [2.05, 4.69) is 26.3 Å². The molecular formula is C25H34N4O3S. The van der Waals surface area contributed by atoms with Crippen LogP contribution in [0.3, 0.4) is 0 Å². The third-order valence-corrected chi connectivity index (χ3v) is 6.70. The molecule has 0 aliphatic rings. The summed E-state index contributed by atoms with van der Waals surface area (Å²) in [5.74, 6) is 2.06. The number of thioether (sulfide) groups is 1. The normalized spacial score (nSPS) is 11.2. The van der Waals surface area contributed by atoms with Gasteiger partial charge in [-0.1, -0.05) is 25.1 Å². The average Bonchev–Trinajstić information content (AvgIpc) is 3.36. The molecule has 0 amide bonds.